The highest BCUT2D eigenvalue weighted by molar-refractivity contribution is 7.99. The number of nitrogens with zero attached hydrogens (tertiary/aromatic N) is 5. The Morgan fingerprint density at radius 3 is 2.51 bits per heavy atom. The molecule has 0 bridgehead atoms. The number of Topliss-reactive ketones (excluding diaryl/α,β-unsaturated/α-hetero) is 1. The topological polar surface area (TPSA) is 90.0 Å². The third-order valence-electron chi connectivity index (χ3n) is 6.62. The molecule has 2 aliphatic rings. The van der Waals surface area contributed by atoms with E-state index in [1.54, 1.807) is 11.8 Å². The summed E-state index contributed by atoms with van der Waals surface area (Å²) in [6, 6.07) is 10.2. The summed E-state index contributed by atoms with van der Waals surface area (Å²) in [5, 5.41) is 11.5. The minimum Gasteiger partial charge on any atom is -0.354 e. The first-order valence-corrected chi connectivity index (χ1v) is 13.2. The monoisotopic (exact) mass is 491 g/mol. The molecule has 0 atom stereocenters. The summed E-state index contributed by atoms with van der Waals surface area (Å²) in [7, 11) is 2.16. The largest absolute Gasteiger partial charge is 0.354 e. The lowest BCUT2D eigenvalue weighted by atomic mass is 10.1. The zero-order valence-electron chi connectivity index (χ0n) is 20.7. The van der Waals surface area contributed by atoms with E-state index < -0.39 is 0 Å². The van der Waals surface area contributed by atoms with Crippen molar-refractivity contribution in [1.29, 1.82) is 0 Å². The molecule has 1 aliphatic heterocycles. The van der Waals surface area contributed by atoms with Crippen LogP contribution in [0, 0.1) is 12.8 Å². The molecule has 5 rings (SSSR count). The second kappa shape index (κ2) is 10.4. The molecule has 35 heavy (non-hydrogen) atoms. The Morgan fingerprint density at radius 1 is 1.14 bits per heavy atom. The minimum absolute atomic E-state index is 0.298. The van der Waals surface area contributed by atoms with Crippen LogP contribution in [0.1, 0.15) is 36.6 Å². The maximum atomic E-state index is 12.2. The average Bonchev–Trinajstić information content (AvgIpc) is 3.63. The van der Waals surface area contributed by atoms with Crippen LogP contribution in [-0.2, 0) is 17.6 Å². The molecule has 1 saturated carbocycles. The first-order chi connectivity index (χ1) is 17.0. The Kier molecular flexibility index (Phi) is 7.06. The van der Waals surface area contributed by atoms with Crippen LogP contribution in [0.3, 0.4) is 0 Å². The number of piperazine rings is 1. The molecule has 2 fully saturated rings. The Morgan fingerprint density at radius 2 is 1.89 bits per heavy atom. The number of anilines is 3. The smallest absolute Gasteiger partial charge is 0.196 e. The van der Waals surface area contributed by atoms with Gasteiger partial charge in [-0.2, -0.15) is 5.10 Å². The van der Waals surface area contributed by atoms with E-state index in [4.69, 9.17) is 9.97 Å². The van der Waals surface area contributed by atoms with Gasteiger partial charge in [-0.3, -0.25) is 9.89 Å². The molecule has 3 heterocycles. The summed E-state index contributed by atoms with van der Waals surface area (Å²) < 4.78 is 0. The van der Waals surface area contributed by atoms with E-state index in [0.717, 1.165) is 84.6 Å². The van der Waals surface area contributed by atoms with Crippen molar-refractivity contribution < 1.29 is 4.79 Å². The first kappa shape index (κ1) is 23.8. The molecule has 0 spiro atoms. The number of aryl methyl sites for hydroxylation is 1. The van der Waals surface area contributed by atoms with E-state index in [9.17, 15) is 4.79 Å². The standard InChI is InChI=1S/C26H33N7OS/c1-4-21-24(27-23-15-17(2)30-31-23)28-26(29-25(21)33-13-11-32(3)12-14-33)35-20-9-5-18(6-10-20)16-22(34)19-7-8-19/h5-6,9-10,15,19H,4,7-8,11-14,16H2,1-3H3,(H2,27,28,29,30,31). The lowest BCUT2D eigenvalue weighted by Gasteiger charge is -2.34. The molecule has 1 aromatic carbocycles. The quantitative estimate of drug-likeness (QED) is 0.430. The molecular formula is C26H33N7OS. The lowest BCUT2D eigenvalue weighted by Crippen LogP contribution is -2.45. The number of nitrogens with one attached hydrogen (secondary N) is 2. The normalized spacial score (nSPS) is 16.5. The molecule has 9 heteroatoms. The predicted octanol–water partition coefficient (Wildman–Crippen LogP) is 4.24. The second-order valence-corrected chi connectivity index (χ2v) is 10.6. The van der Waals surface area contributed by atoms with Gasteiger partial charge in [-0.25, -0.2) is 9.97 Å². The third kappa shape index (κ3) is 5.85. The Hall–Kier alpha value is -2.91. The average molecular weight is 492 g/mol. The van der Waals surface area contributed by atoms with E-state index >= 15 is 0 Å². The number of H-pyrrole nitrogens is 1. The number of benzene rings is 1. The van der Waals surface area contributed by atoms with Gasteiger partial charge < -0.3 is 15.1 Å². The number of likely N-dealkylation sites (N-methyl/N-ethyl adjacent to an activating group) is 1. The summed E-state index contributed by atoms with van der Waals surface area (Å²) in [4.78, 5) is 27.9. The van der Waals surface area contributed by atoms with Crippen molar-refractivity contribution >= 4 is 35.0 Å². The molecule has 1 aliphatic carbocycles. The van der Waals surface area contributed by atoms with Crippen molar-refractivity contribution in [2.45, 2.75) is 49.6 Å². The maximum Gasteiger partial charge on any atom is 0.196 e. The number of carbonyl (C=O) groups excluding carboxylic acids is 1. The van der Waals surface area contributed by atoms with E-state index in [0.29, 0.717) is 23.3 Å². The van der Waals surface area contributed by atoms with Gasteiger partial charge >= 0.3 is 0 Å². The van der Waals surface area contributed by atoms with Crippen molar-refractivity contribution in [1.82, 2.24) is 25.1 Å². The van der Waals surface area contributed by atoms with Gasteiger partial charge in [-0.1, -0.05) is 19.1 Å². The van der Waals surface area contributed by atoms with Crippen LogP contribution in [0.2, 0.25) is 0 Å². The van der Waals surface area contributed by atoms with Crippen LogP contribution in [0.4, 0.5) is 17.5 Å². The van der Waals surface area contributed by atoms with Crippen molar-refractivity contribution in [3.63, 3.8) is 0 Å². The fourth-order valence-electron chi connectivity index (χ4n) is 4.34. The number of carbonyl (C=O) groups is 1. The van der Waals surface area contributed by atoms with Gasteiger partial charge in [-0.15, -0.1) is 0 Å². The fourth-order valence-corrected chi connectivity index (χ4v) is 5.09. The van der Waals surface area contributed by atoms with Crippen LogP contribution in [-0.4, -0.2) is 64.1 Å². The Bertz CT molecular complexity index is 1180. The Balaban J connectivity index is 1.42. The van der Waals surface area contributed by atoms with E-state index in [1.807, 2.05) is 13.0 Å². The summed E-state index contributed by atoms with van der Waals surface area (Å²) >= 11 is 1.55. The number of ketones is 1. The van der Waals surface area contributed by atoms with Crippen LogP contribution < -0.4 is 10.2 Å². The molecule has 2 N–H and O–H groups in total. The van der Waals surface area contributed by atoms with E-state index in [2.05, 4.69) is 63.6 Å². The van der Waals surface area contributed by atoms with Gasteiger partial charge in [0.1, 0.15) is 17.4 Å². The SMILES string of the molecule is CCc1c(Nc2cc(C)[nH]n2)nc(Sc2ccc(CC(=O)C3CC3)cc2)nc1N1CCN(C)CC1. The molecule has 2 aromatic heterocycles. The zero-order chi connectivity index (χ0) is 24.4. The van der Waals surface area contributed by atoms with Gasteiger partial charge in [0.2, 0.25) is 0 Å². The lowest BCUT2D eigenvalue weighted by molar-refractivity contribution is -0.119. The van der Waals surface area contributed by atoms with E-state index in [1.165, 1.54) is 0 Å². The zero-order valence-corrected chi connectivity index (χ0v) is 21.5. The van der Waals surface area contributed by atoms with Crippen molar-refractivity contribution in [3.8, 4) is 0 Å². The number of hydrogen-bond donors (Lipinski definition) is 2. The van der Waals surface area contributed by atoms with Crippen LogP contribution in [0.15, 0.2) is 40.4 Å². The number of hydrogen-bond acceptors (Lipinski definition) is 8. The molecular weight excluding hydrogens is 458 g/mol. The van der Waals surface area contributed by atoms with Crippen molar-refractivity contribution in [2.75, 3.05) is 43.4 Å². The highest BCUT2D eigenvalue weighted by atomic mass is 32.2. The molecule has 8 nitrogen and oxygen atoms in total. The Labute approximate surface area is 210 Å². The molecule has 184 valence electrons. The van der Waals surface area contributed by atoms with Gasteiger partial charge in [-0.05, 0) is 62.7 Å². The second-order valence-electron chi connectivity index (χ2n) is 9.53. The van der Waals surface area contributed by atoms with Gasteiger partial charge in [0.25, 0.3) is 0 Å². The summed E-state index contributed by atoms with van der Waals surface area (Å²) in [6.45, 7) is 8.03. The highest BCUT2D eigenvalue weighted by Gasteiger charge is 2.29. The van der Waals surface area contributed by atoms with Gasteiger partial charge in [0.05, 0.1) is 0 Å². The number of aromatic amines is 1. The minimum atomic E-state index is 0.298. The molecule has 0 amide bonds. The van der Waals surface area contributed by atoms with Crippen molar-refractivity contribution in [2.24, 2.45) is 5.92 Å². The highest BCUT2D eigenvalue weighted by Crippen LogP contribution is 2.34. The van der Waals surface area contributed by atoms with Gasteiger partial charge in [0, 0.05) is 60.7 Å². The summed E-state index contributed by atoms with van der Waals surface area (Å²) in [5.41, 5.74) is 3.17. The van der Waals surface area contributed by atoms with Crippen LogP contribution in [0.5, 0.6) is 0 Å². The fraction of sp³-hybridized carbons (Fsp3) is 0.462. The predicted molar refractivity (Wildman–Crippen MR) is 140 cm³/mol. The first-order valence-electron chi connectivity index (χ1n) is 12.4. The number of aromatic nitrogens is 4. The molecule has 0 radical (unpaired) electrons. The van der Waals surface area contributed by atoms with Crippen LogP contribution >= 0.6 is 11.8 Å². The number of rotatable bonds is 9. The van der Waals surface area contributed by atoms with Crippen LogP contribution in [0.25, 0.3) is 0 Å². The van der Waals surface area contributed by atoms with Crippen molar-refractivity contribution in [3.05, 3.63) is 47.2 Å². The maximum absolute atomic E-state index is 12.2. The third-order valence-corrected chi connectivity index (χ3v) is 7.49. The van der Waals surface area contributed by atoms with Gasteiger partial charge in [0.15, 0.2) is 11.0 Å². The molecule has 3 aromatic rings. The molecule has 0 unspecified atom stereocenters. The summed E-state index contributed by atoms with van der Waals surface area (Å²) in [6.07, 6.45) is 3.47. The molecule has 1 saturated heterocycles. The van der Waals surface area contributed by atoms with E-state index in [-0.39, 0.29) is 0 Å². The summed E-state index contributed by atoms with van der Waals surface area (Å²) in [5.74, 6) is 3.22.